The first-order chi connectivity index (χ1) is 17.3. The van der Waals surface area contributed by atoms with Crippen molar-refractivity contribution in [3.8, 4) is 11.4 Å². The maximum atomic E-state index is 15.0. The van der Waals surface area contributed by atoms with Gasteiger partial charge in [0.15, 0.2) is 0 Å². The molecule has 190 valence electrons. The van der Waals surface area contributed by atoms with Crippen molar-refractivity contribution < 1.29 is 18.2 Å². The number of rotatable bonds is 7. The molecule has 0 unspecified atom stereocenters. The van der Waals surface area contributed by atoms with Crippen LogP contribution in [0.5, 0.6) is 5.75 Å². The summed E-state index contributed by atoms with van der Waals surface area (Å²) in [4.78, 5) is 11.1. The maximum Gasteiger partial charge on any atom is 0.229 e. The molecule has 1 fully saturated rings. The van der Waals surface area contributed by atoms with Gasteiger partial charge in [0.2, 0.25) is 5.95 Å². The number of anilines is 2. The minimum absolute atomic E-state index is 0.106. The molecular formula is C26H30FN5O3S. The molecule has 5 rings (SSSR count). The number of nitrogens with zero attached hydrogens (tertiary/aromatic N) is 4. The van der Waals surface area contributed by atoms with Crippen LogP contribution in [0.1, 0.15) is 19.4 Å². The minimum Gasteiger partial charge on any atom is -0.491 e. The first kappa shape index (κ1) is 24.5. The van der Waals surface area contributed by atoms with Gasteiger partial charge in [0, 0.05) is 54.4 Å². The molecule has 0 aliphatic carbocycles. The molecule has 0 radical (unpaired) electrons. The zero-order chi connectivity index (χ0) is 25.3. The van der Waals surface area contributed by atoms with Crippen molar-refractivity contribution in [2.75, 3.05) is 29.9 Å². The van der Waals surface area contributed by atoms with Crippen LogP contribution in [0.2, 0.25) is 0 Å². The molecule has 1 aliphatic heterocycles. The smallest absolute Gasteiger partial charge is 0.229 e. The molecule has 0 atom stereocenters. The molecule has 2 aromatic carbocycles. The van der Waals surface area contributed by atoms with Crippen molar-refractivity contribution in [2.24, 2.45) is 0 Å². The Morgan fingerprint density at radius 2 is 1.83 bits per heavy atom. The van der Waals surface area contributed by atoms with Gasteiger partial charge < -0.3 is 14.6 Å². The quantitative estimate of drug-likeness (QED) is 0.295. The number of hydrogen-bond acceptors (Lipinski definition) is 7. The van der Waals surface area contributed by atoms with Crippen LogP contribution in [0.3, 0.4) is 0 Å². The van der Waals surface area contributed by atoms with Crippen LogP contribution < -0.4 is 10.1 Å². The number of hydrogen-bond donors (Lipinski definition) is 3. The van der Waals surface area contributed by atoms with E-state index in [1.54, 1.807) is 12.3 Å². The van der Waals surface area contributed by atoms with Gasteiger partial charge in [-0.25, -0.2) is 9.37 Å². The Kier molecular flexibility index (Phi) is 6.85. The Morgan fingerprint density at radius 1 is 1.08 bits per heavy atom. The van der Waals surface area contributed by atoms with Gasteiger partial charge in [0.1, 0.15) is 17.2 Å². The first-order valence-corrected chi connectivity index (χ1v) is 13.8. The van der Waals surface area contributed by atoms with Crippen LogP contribution in [0.4, 0.5) is 16.0 Å². The van der Waals surface area contributed by atoms with E-state index in [-0.39, 0.29) is 11.9 Å². The van der Waals surface area contributed by atoms with Gasteiger partial charge in [0.05, 0.1) is 17.6 Å². The summed E-state index contributed by atoms with van der Waals surface area (Å²) in [6, 6.07) is 14.7. The van der Waals surface area contributed by atoms with E-state index in [1.807, 2.05) is 65.9 Å². The van der Waals surface area contributed by atoms with Gasteiger partial charge >= 0.3 is 0 Å². The van der Waals surface area contributed by atoms with Crippen molar-refractivity contribution in [3.63, 3.8) is 0 Å². The summed E-state index contributed by atoms with van der Waals surface area (Å²) in [5, 5.41) is 4.06. The van der Waals surface area contributed by atoms with Gasteiger partial charge in [-0.05, 0) is 56.3 Å². The molecule has 1 saturated heterocycles. The van der Waals surface area contributed by atoms with Crippen LogP contribution in [0.25, 0.3) is 16.7 Å². The molecule has 2 aromatic heterocycles. The average molecular weight is 512 g/mol. The molecule has 0 bridgehead atoms. The number of nitrogens with one attached hydrogen (secondary N) is 1. The average Bonchev–Trinajstić information content (AvgIpc) is 3.26. The summed E-state index contributed by atoms with van der Waals surface area (Å²) in [5.41, 5.74) is 2.74. The van der Waals surface area contributed by atoms with Crippen molar-refractivity contribution in [1.82, 2.24) is 19.4 Å². The molecule has 3 N–H and O–H groups in total. The van der Waals surface area contributed by atoms with Crippen LogP contribution in [0, 0.1) is 5.82 Å². The molecule has 0 spiro atoms. The number of aromatic nitrogens is 3. The fourth-order valence-electron chi connectivity index (χ4n) is 4.18. The van der Waals surface area contributed by atoms with Crippen LogP contribution >= 0.6 is 10.6 Å². The summed E-state index contributed by atoms with van der Waals surface area (Å²) < 4.78 is 42.2. The Balaban J connectivity index is 1.33. The summed E-state index contributed by atoms with van der Waals surface area (Å²) in [6.07, 6.45) is 3.70. The SMILES string of the molecule is CC(C)Oc1ccc(Nc2ncc3ccn(-c4ccc(CN5CCS(O)(O)CC5)c(F)c4)c3n2)cc1. The second kappa shape index (κ2) is 10.1. The molecule has 3 heterocycles. The lowest BCUT2D eigenvalue weighted by Gasteiger charge is -2.41. The molecular weight excluding hydrogens is 481 g/mol. The van der Waals surface area contributed by atoms with Crippen molar-refractivity contribution in [3.05, 3.63) is 72.3 Å². The normalized spacial score (nSPS) is 16.8. The Hall–Kier alpha value is -3.18. The standard InChI is InChI=1S/C26H30FN5O3S/c1-18(2)35-23-7-4-21(5-8-23)29-26-28-16-19-9-10-32(25(19)30-26)22-6-3-20(24(27)15-22)17-31-11-13-36(33,34)14-12-31/h3-10,15-16,18,33-34H,11-14,17H2,1-2H3,(H,28,29,30). The third kappa shape index (κ3) is 5.62. The predicted molar refractivity (Wildman–Crippen MR) is 142 cm³/mol. The third-order valence-electron chi connectivity index (χ3n) is 6.09. The van der Waals surface area contributed by atoms with Crippen LogP contribution in [0.15, 0.2) is 60.9 Å². The summed E-state index contributed by atoms with van der Waals surface area (Å²) in [6.45, 7) is 5.50. The summed E-state index contributed by atoms with van der Waals surface area (Å²) in [5.74, 6) is 1.61. The maximum absolute atomic E-state index is 15.0. The van der Waals surface area contributed by atoms with Crippen molar-refractivity contribution in [1.29, 1.82) is 0 Å². The second-order valence-electron chi connectivity index (χ2n) is 9.24. The van der Waals surface area contributed by atoms with Crippen molar-refractivity contribution in [2.45, 2.75) is 26.5 Å². The fourth-order valence-corrected chi connectivity index (χ4v) is 5.49. The largest absolute Gasteiger partial charge is 0.491 e. The van der Waals surface area contributed by atoms with Gasteiger partial charge in [-0.1, -0.05) is 6.07 Å². The lowest BCUT2D eigenvalue weighted by molar-refractivity contribution is 0.242. The zero-order valence-corrected chi connectivity index (χ0v) is 21.1. The fraction of sp³-hybridized carbons (Fsp3) is 0.308. The van der Waals surface area contributed by atoms with E-state index in [9.17, 15) is 9.11 Å². The summed E-state index contributed by atoms with van der Waals surface area (Å²) in [7, 11) is -2.47. The highest BCUT2D eigenvalue weighted by molar-refractivity contribution is 8.24. The highest BCUT2D eigenvalue weighted by Gasteiger charge is 2.23. The highest BCUT2D eigenvalue weighted by atomic mass is 32.3. The Labute approximate surface area is 211 Å². The van der Waals surface area contributed by atoms with Gasteiger partial charge in [-0.3, -0.25) is 14.0 Å². The number of fused-ring (bicyclic) bond motifs is 1. The predicted octanol–water partition coefficient (Wildman–Crippen LogP) is 5.66. The van der Waals surface area contributed by atoms with Gasteiger partial charge in [-0.2, -0.15) is 15.6 Å². The lowest BCUT2D eigenvalue weighted by Crippen LogP contribution is -2.37. The van der Waals surface area contributed by atoms with Crippen LogP contribution in [-0.4, -0.2) is 59.2 Å². The highest BCUT2D eigenvalue weighted by Crippen LogP contribution is 2.40. The van der Waals surface area contributed by atoms with Gasteiger partial charge in [-0.15, -0.1) is 0 Å². The van der Waals surface area contributed by atoms with E-state index < -0.39 is 10.6 Å². The molecule has 1 aliphatic rings. The third-order valence-corrected chi connectivity index (χ3v) is 7.76. The number of ether oxygens (including phenoxy) is 1. The number of halogens is 1. The Morgan fingerprint density at radius 3 is 2.53 bits per heavy atom. The molecule has 4 aromatic rings. The van der Waals surface area contributed by atoms with E-state index >= 15 is 4.39 Å². The van der Waals surface area contributed by atoms with E-state index in [0.29, 0.717) is 54.0 Å². The van der Waals surface area contributed by atoms with Crippen LogP contribution in [-0.2, 0) is 6.54 Å². The van der Waals surface area contributed by atoms with E-state index in [2.05, 4.69) is 15.3 Å². The summed E-state index contributed by atoms with van der Waals surface area (Å²) >= 11 is 0. The second-order valence-corrected chi connectivity index (χ2v) is 11.7. The molecule has 36 heavy (non-hydrogen) atoms. The molecule has 10 heteroatoms. The molecule has 0 amide bonds. The van der Waals surface area contributed by atoms with E-state index in [4.69, 9.17) is 4.74 Å². The van der Waals surface area contributed by atoms with E-state index in [0.717, 1.165) is 16.8 Å². The molecule has 0 saturated carbocycles. The van der Waals surface area contributed by atoms with E-state index in [1.165, 1.54) is 6.07 Å². The zero-order valence-electron chi connectivity index (χ0n) is 20.3. The molecule has 8 nitrogen and oxygen atoms in total. The van der Waals surface area contributed by atoms with Gasteiger partial charge in [0.25, 0.3) is 0 Å². The lowest BCUT2D eigenvalue weighted by atomic mass is 10.1. The Bertz CT molecular complexity index is 1350. The van der Waals surface area contributed by atoms with Crippen molar-refractivity contribution >= 4 is 33.3 Å². The number of benzene rings is 2. The first-order valence-electron chi connectivity index (χ1n) is 11.9. The monoisotopic (exact) mass is 511 g/mol. The minimum atomic E-state index is -2.47. The topological polar surface area (TPSA) is 95.7 Å².